The van der Waals surface area contributed by atoms with E-state index in [0.717, 1.165) is 31.4 Å². The average Bonchev–Trinajstić information content (AvgIpc) is 2.95. The Morgan fingerprint density at radius 2 is 2.05 bits per heavy atom. The molecule has 0 spiro atoms. The third-order valence-corrected chi connectivity index (χ3v) is 5.39. The molecule has 21 heavy (non-hydrogen) atoms. The second kappa shape index (κ2) is 5.67. The fraction of sp³-hybridized carbons (Fsp3) is 0.357. The molecule has 0 aliphatic heterocycles. The molecule has 7 heteroatoms. The van der Waals surface area contributed by atoms with Crippen LogP contribution in [0.3, 0.4) is 0 Å². The van der Waals surface area contributed by atoms with Crippen molar-refractivity contribution in [3.63, 3.8) is 0 Å². The fourth-order valence-electron chi connectivity index (χ4n) is 2.15. The molecule has 0 amide bonds. The summed E-state index contributed by atoms with van der Waals surface area (Å²) >= 11 is 3.20. The molecule has 110 valence electrons. The first-order chi connectivity index (χ1) is 10.0. The Kier molecular flexibility index (Phi) is 3.88. The number of H-pyrrole nitrogens is 1. The molecule has 0 saturated carbocycles. The van der Waals surface area contributed by atoms with E-state index in [9.17, 15) is 4.79 Å². The largest absolute Gasteiger partial charge is 0.309 e. The maximum absolute atomic E-state index is 12.1. The van der Waals surface area contributed by atoms with E-state index in [1.807, 2.05) is 26.2 Å². The van der Waals surface area contributed by atoms with Gasteiger partial charge in [-0.25, -0.2) is 9.97 Å². The van der Waals surface area contributed by atoms with E-state index in [-0.39, 0.29) is 5.56 Å². The minimum atomic E-state index is -0.0521. The first-order valence-electron chi connectivity index (χ1n) is 6.65. The molecule has 3 aromatic rings. The summed E-state index contributed by atoms with van der Waals surface area (Å²) in [4.78, 5) is 25.9. The summed E-state index contributed by atoms with van der Waals surface area (Å²) in [6, 6.07) is 0. The number of nitrogens with one attached hydrogen (secondary N) is 2. The molecular formula is C14H16N4OS2. The van der Waals surface area contributed by atoms with Gasteiger partial charge in [0.15, 0.2) is 0 Å². The number of fused-ring (bicyclic) bond motifs is 1. The third kappa shape index (κ3) is 2.90. The summed E-state index contributed by atoms with van der Waals surface area (Å²) in [5, 5.41) is 7.05. The average molecular weight is 320 g/mol. The zero-order valence-electron chi connectivity index (χ0n) is 12.1. The number of hydrogen-bond donors (Lipinski definition) is 2. The van der Waals surface area contributed by atoms with E-state index in [0.29, 0.717) is 18.9 Å². The highest BCUT2D eigenvalue weighted by molar-refractivity contribution is 7.18. The lowest BCUT2D eigenvalue weighted by Gasteiger charge is -2.02. The Morgan fingerprint density at radius 3 is 2.76 bits per heavy atom. The van der Waals surface area contributed by atoms with E-state index in [4.69, 9.17) is 0 Å². The van der Waals surface area contributed by atoms with Gasteiger partial charge in [-0.1, -0.05) is 0 Å². The van der Waals surface area contributed by atoms with Crippen molar-refractivity contribution in [2.75, 3.05) is 0 Å². The molecule has 0 saturated heterocycles. The molecule has 0 fully saturated rings. The van der Waals surface area contributed by atoms with Crippen molar-refractivity contribution in [1.82, 2.24) is 20.3 Å². The normalized spacial score (nSPS) is 11.4. The van der Waals surface area contributed by atoms with Crippen LogP contribution in [0.1, 0.15) is 27.0 Å². The summed E-state index contributed by atoms with van der Waals surface area (Å²) in [5.74, 6) is 0.669. The number of thiophene rings is 1. The van der Waals surface area contributed by atoms with Crippen molar-refractivity contribution in [2.24, 2.45) is 0 Å². The van der Waals surface area contributed by atoms with E-state index >= 15 is 0 Å². The number of aryl methyl sites for hydroxylation is 3. The van der Waals surface area contributed by atoms with Crippen molar-refractivity contribution < 1.29 is 0 Å². The van der Waals surface area contributed by atoms with Crippen LogP contribution in [0.5, 0.6) is 0 Å². The van der Waals surface area contributed by atoms with Gasteiger partial charge in [0.05, 0.1) is 11.9 Å². The number of thiazole rings is 1. The lowest BCUT2D eigenvalue weighted by atomic mass is 10.2. The molecule has 2 N–H and O–H groups in total. The summed E-state index contributed by atoms with van der Waals surface area (Å²) in [6.07, 6.45) is 0. The van der Waals surface area contributed by atoms with Gasteiger partial charge >= 0.3 is 0 Å². The van der Waals surface area contributed by atoms with Crippen LogP contribution in [0.25, 0.3) is 10.2 Å². The van der Waals surface area contributed by atoms with Crippen molar-refractivity contribution in [2.45, 2.75) is 33.9 Å². The molecular weight excluding hydrogens is 304 g/mol. The number of aromatic nitrogens is 3. The fourth-order valence-corrected chi connectivity index (χ4v) is 3.94. The monoisotopic (exact) mass is 320 g/mol. The van der Waals surface area contributed by atoms with Crippen LogP contribution in [0.15, 0.2) is 10.2 Å². The van der Waals surface area contributed by atoms with Gasteiger partial charge in [0.25, 0.3) is 5.56 Å². The zero-order chi connectivity index (χ0) is 15.0. The molecule has 0 radical (unpaired) electrons. The van der Waals surface area contributed by atoms with Crippen LogP contribution in [-0.2, 0) is 13.1 Å². The Balaban J connectivity index is 1.77. The van der Waals surface area contributed by atoms with E-state index < -0.39 is 0 Å². The Morgan fingerprint density at radius 1 is 1.24 bits per heavy atom. The molecule has 0 bridgehead atoms. The molecule has 0 aliphatic rings. The second-order valence-electron chi connectivity index (χ2n) is 4.96. The molecule has 5 nitrogen and oxygen atoms in total. The molecule has 0 aromatic carbocycles. The molecule has 0 aliphatic carbocycles. The molecule has 0 unspecified atom stereocenters. The summed E-state index contributed by atoms with van der Waals surface area (Å²) in [5.41, 5.74) is 2.01. The number of hydrogen-bond acceptors (Lipinski definition) is 6. The Bertz CT molecular complexity index is 846. The van der Waals surface area contributed by atoms with Crippen molar-refractivity contribution in [3.8, 4) is 0 Å². The van der Waals surface area contributed by atoms with Crippen molar-refractivity contribution in [3.05, 3.63) is 42.7 Å². The number of nitrogens with zero attached hydrogens (tertiary/aromatic N) is 2. The van der Waals surface area contributed by atoms with Gasteiger partial charge in [-0.05, 0) is 26.3 Å². The minimum absolute atomic E-state index is 0.0521. The predicted molar refractivity (Wildman–Crippen MR) is 87.1 cm³/mol. The zero-order valence-corrected chi connectivity index (χ0v) is 13.7. The molecule has 3 heterocycles. The van der Waals surface area contributed by atoms with Gasteiger partial charge in [-0.15, -0.1) is 22.7 Å². The smallest absolute Gasteiger partial charge is 0.259 e. The van der Waals surface area contributed by atoms with E-state index in [1.165, 1.54) is 0 Å². The van der Waals surface area contributed by atoms with Gasteiger partial charge in [-0.3, -0.25) is 4.79 Å². The summed E-state index contributed by atoms with van der Waals surface area (Å²) < 4.78 is 0. The number of aromatic amines is 1. The van der Waals surface area contributed by atoms with Crippen molar-refractivity contribution >= 4 is 32.9 Å². The van der Waals surface area contributed by atoms with Gasteiger partial charge in [0.2, 0.25) is 0 Å². The second-order valence-corrected chi connectivity index (χ2v) is 7.11. The quantitative estimate of drug-likeness (QED) is 0.775. The molecule has 3 aromatic heterocycles. The first kappa shape index (κ1) is 14.4. The molecule has 3 rings (SSSR count). The lowest BCUT2D eigenvalue weighted by Crippen LogP contribution is -2.19. The van der Waals surface area contributed by atoms with Gasteiger partial charge < -0.3 is 10.3 Å². The Hall–Kier alpha value is -1.57. The summed E-state index contributed by atoms with van der Waals surface area (Å²) in [6.45, 7) is 7.18. The van der Waals surface area contributed by atoms with Crippen LogP contribution in [0.2, 0.25) is 0 Å². The maximum Gasteiger partial charge on any atom is 0.259 e. The first-order valence-corrected chi connectivity index (χ1v) is 8.35. The molecule has 0 atom stereocenters. The van der Waals surface area contributed by atoms with Crippen LogP contribution < -0.4 is 10.9 Å². The standard InChI is InChI=1S/C14H16N4OS2/c1-7-6-20-11(16-7)5-15-4-10-17-13(19)12-8(2)9(3)21-14(12)18-10/h6,15H,4-5H2,1-3H3,(H,17,18,19). The number of rotatable bonds is 4. The highest BCUT2D eigenvalue weighted by Crippen LogP contribution is 2.25. The maximum atomic E-state index is 12.1. The summed E-state index contributed by atoms with van der Waals surface area (Å²) in [7, 11) is 0. The predicted octanol–water partition coefficient (Wildman–Crippen LogP) is 2.66. The van der Waals surface area contributed by atoms with Gasteiger partial charge in [0.1, 0.15) is 15.7 Å². The van der Waals surface area contributed by atoms with Crippen LogP contribution >= 0.6 is 22.7 Å². The Labute approximate surface area is 130 Å². The topological polar surface area (TPSA) is 70.7 Å². The van der Waals surface area contributed by atoms with Gasteiger partial charge in [0, 0.05) is 22.5 Å². The van der Waals surface area contributed by atoms with E-state index in [1.54, 1.807) is 22.7 Å². The minimum Gasteiger partial charge on any atom is -0.309 e. The van der Waals surface area contributed by atoms with Gasteiger partial charge in [-0.2, -0.15) is 0 Å². The lowest BCUT2D eigenvalue weighted by molar-refractivity contribution is 0.660. The van der Waals surface area contributed by atoms with Crippen molar-refractivity contribution in [1.29, 1.82) is 0 Å². The van der Waals surface area contributed by atoms with Crippen LogP contribution in [0.4, 0.5) is 0 Å². The highest BCUT2D eigenvalue weighted by Gasteiger charge is 2.11. The van der Waals surface area contributed by atoms with Crippen LogP contribution in [-0.4, -0.2) is 15.0 Å². The third-order valence-electron chi connectivity index (χ3n) is 3.32. The van der Waals surface area contributed by atoms with E-state index in [2.05, 4.69) is 20.3 Å². The SMILES string of the molecule is Cc1csc(CNCc2nc3sc(C)c(C)c3c(=O)[nH]2)n1. The highest BCUT2D eigenvalue weighted by atomic mass is 32.1. The van der Waals surface area contributed by atoms with Crippen LogP contribution in [0, 0.1) is 20.8 Å².